The van der Waals surface area contributed by atoms with Crippen molar-refractivity contribution in [3.05, 3.63) is 35.4 Å². The van der Waals surface area contributed by atoms with E-state index in [0.717, 1.165) is 12.1 Å². The van der Waals surface area contributed by atoms with Crippen LogP contribution in [-0.4, -0.2) is 17.3 Å². The fourth-order valence-electron chi connectivity index (χ4n) is 2.09. The van der Waals surface area contributed by atoms with Crippen LogP contribution in [0.15, 0.2) is 24.3 Å². The molecule has 0 heterocycles. The van der Waals surface area contributed by atoms with E-state index in [4.69, 9.17) is 0 Å². The minimum Gasteiger partial charge on any atom is -0.393 e. The standard InChI is InChI=1S/C14H20F3NO/c1-9(7-10(2)19)18-11(3)12-5-4-6-13(8-12)14(15,16)17/h4-6,8-11,18-19H,7H2,1-3H3. The summed E-state index contributed by atoms with van der Waals surface area (Å²) < 4.78 is 37.8. The van der Waals surface area contributed by atoms with Crippen LogP contribution in [0.25, 0.3) is 0 Å². The number of halogens is 3. The van der Waals surface area contributed by atoms with Crippen molar-refractivity contribution in [3.63, 3.8) is 0 Å². The van der Waals surface area contributed by atoms with Crippen LogP contribution in [0, 0.1) is 0 Å². The van der Waals surface area contributed by atoms with E-state index in [1.54, 1.807) is 13.0 Å². The summed E-state index contributed by atoms with van der Waals surface area (Å²) in [5.74, 6) is 0. The summed E-state index contributed by atoms with van der Waals surface area (Å²) >= 11 is 0. The van der Waals surface area contributed by atoms with Gasteiger partial charge in [-0.25, -0.2) is 0 Å². The second-order valence-electron chi connectivity index (χ2n) is 5.00. The predicted molar refractivity (Wildman–Crippen MR) is 68.8 cm³/mol. The summed E-state index contributed by atoms with van der Waals surface area (Å²) in [4.78, 5) is 0. The van der Waals surface area contributed by atoms with Crippen molar-refractivity contribution in [2.45, 2.75) is 51.6 Å². The van der Waals surface area contributed by atoms with E-state index in [-0.39, 0.29) is 12.1 Å². The molecule has 1 aromatic carbocycles. The number of rotatable bonds is 5. The molecule has 1 rings (SSSR count). The lowest BCUT2D eigenvalue weighted by molar-refractivity contribution is -0.137. The molecule has 0 spiro atoms. The van der Waals surface area contributed by atoms with Gasteiger partial charge in [-0.3, -0.25) is 0 Å². The predicted octanol–water partition coefficient (Wildman–Crippen LogP) is 3.52. The number of aliphatic hydroxyl groups is 1. The van der Waals surface area contributed by atoms with Gasteiger partial charge >= 0.3 is 6.18 Å². The number of hydrogen-bond acceptors (Lipinski definition) is 2. The monoisotopic (exact) mass is 275 g/mol. The number of hydrogen-bond donors (Lipinski definition) is 2. The zero-order valence-corrected chi connectivity index (χ0v) is 11.3. The van der Waals surface area contributed by atoms with Gasteiger partial charge in [0, 0.05) is 12.1 Å². The summed E-state index contributed by atoms with van der Waals surface area (Å²) in [5, 5.41) is 12.4. The Morgan fingerprint density at radius 1 is 1.21 bits per heavy atom. The third kappa shape index (κ3) is 5.20. The van der Waals surface area contributed by atoms with Gasteiger partial charge in [0.1, 0.15) is 0 Å². The first-order chi connectivity index (χ1) is 8.70. The Bertz CT molecular complexity index is 404. The molecular weight excluding hydrogens is 255 g/mol. The lowest BCUT2D eigenvalue weighted by atomic mass is 10.0. The van der Waals surface area contributed by atoms with Gasteiger partial charge in [0.2, 0.25) is 0 Å². The van der Waals surface area contributed by atoms with E-state index in [9.17, 15) is 18.3 Å². The fourth-order valence-corrected chi connectivity index (χ4v) is 2.09. The van der Waals surface area contributed by atoms with Gasteiger partial charge < -0.3 is 10.4 Å². The van der Waals surface area contributed by atoms with Gasteiger partial charge in [-0.1, -0.05) is 12.1 Å². The van der Waals surface area contributed by atoms with Crippen molar-refractivity contribution in [3.8, 4) is 0 Å². The molecule has 0 aliphatic heterocycles. The van der Waals surface area contributed by atoms with Crippen LogP contribution in [0.1, 0.15) is 44.4 Å². The molecule has 0 aliphatic rings. The first-order valence-electron chi connectivity index (χ1n) is 6.31. The Labute approximate surface area is 111 Å². The zero-order chi connectivity index (χ0) is 14.6. The lowest BCUT2D eigenvalue weighted by Crippen LogP contribution is -2.31. The summed E-state index contributed by atoms with van der Waals surface area (Å²) in [6, 6.07) is 5.14. The molecular formula is C14H20F3NO. The molecule has 0 radical (unpaired) electrons. The molecule has 0 aliphatic carbocycles. The van der Waals surface area contributed by atoms with E-state index in [1.165, 1.54) is 6.07 Å². The van der Waals surface area contributed by atoms with E-state index in [1.807, 2.05) is 13.8 Å². The van der Waals surface area contributed by atoms with Gasteiger partial charge in [0.05, 0.1) is 11.7 Å². The molecule has 3 atom stereocenters. The van der Waals surface area contributed by atoms with E-state index in [0.29, 0.717) is 12.0 Å². The maximum Gasteiger partial charge on any atom is 0.416 e. The molecule has 2 nitrogen and oxygen atoms in total. The summed E-state index contributed by atoms with van der Waals surface area (Å²) in [6.07, 6.45) is -4.19. The number of alkyl halides is 3. The summed E-state index contributed by atoms with van der Waals surface area (Å²) in [6.45, 7) is 5.40. The quantitative estimate of drug-likeness (QED) is 0.861. The van der Waals surface area contributed by atoms with Crippen molar-refractivity contribution >= 4 is 0 Å². The average Bonchev–Trinajstić information content (AvgIpc) is 2.26. The maximum absolute atomic E-state index is 12.6. The van der Waals surface area contributed by atoms with E-state index in [2.05, 4.69) is 5.32 Å². The Balaban J connectivity index is 2.74. The van der Waals surface area contributed by atoms with Crippen LogP contribution in [0.2, 0.25) is 0 Å². The molecule has 2 N–H and O–H groups in total. The van der Waals surface area contributed by atoms with Crippen LogP contribution in [0.4, 0.5) is 13.2 Å². The van der Waals surface area contributed by atoms with E-state index < -0.39 is 17.8 Å². The molecule has 0 aromatic heterocycles. The van der Waals surface area contributed by atoms with Crippen LogP contribution >= 0.6 is 0 Å². The van der Waals surface area contributed by atoms with Crippen molar-refractivity contribution in [2.75, 3.05) is 0 Å². The second kappa shape index (κ2) is 6.39. The van der Waals surface area contributed by atoms with Gasteiger partial charge in [-0.05, 0) is 44.9 Å². The highest BCUT2D eigenvalue weighted by molar-refractivity contribution is 5.27. The highest BCUT2D eigenvalue weighted by Gasteiger charge is 2.30. The minimum atomic E-state index is -4.32. The molecule has 1 aromatic rings. The Morgan fingerprint density at radius 2 is 1.84 bits per heavy atom. The molecule has 19 heavy (non-hydrogen) atoms. The summed E-state index contributed by atoms with van der Waals surface area (Å²) in [5.41, 5.74) is -0.0471. The largest absolute Gasteiger partial charge is 0.416 e. The normalized spacial score (nSPS) is 17.0. The van der Waals surface area contributed by atoms with Crippen molar-refractivity contribution in [2.24, 2.45) is 0 Å². The van der Waals surface area contributed by atoms with Crippen LogP contribution in [-0.2, 0) is 6.18 Å². The number of benzene rings is 1. The van der Waals surface area contributed by atoms with Gasteiger partial charge in [-0.2, -0.15) is 13.2 Å². The first-order valence-corrected chi connectivity index (χ1v) is 6.31. The van der Waals surface area contributed by atoms with Crippen LogP contribution < -0.4 is 5.32 Å². The van der Waals surface area contributed by atoms with Gasteiger partial charge in [0.25, 0.3) is 0 Å². The Morgan fingerprint density at radius 3 is 2.37 bits per heavy atom. The molecule has 3 unspecified atom stereocenters. The third-order valence-electron chi connectivity index (χ3n) is 2.94. The Kier molecular flexibility index (Phi) is 5.38. The van der Waals surface area contributed by atoms with Crippen molar-refractivity contribution in [1.29, 1.82) is 0 Å². The number of nitrogens with one attached hydrogen (secondary N) is 1. The van der Waals surface area contributed by atoms with E-state index >= 15 is 0 Å². The SMILES string of the molecule is CC(O)CC(C)NC(C)c1cccc(C(F)(F)F)c1. The third-order valence-corrected chi connectivity index (χ3v) is 2.94. The average molecular weight is 275 g/mol. The molecule has 0 saturated carbocycles. The maximum atomic E-state index is 12.6. The molecule has 5 heteroatoms. The zero-order valence-electron chi connectivity index (χ0n) is 11.3. The number of aliphatic hydroxyl groups excluding tert-OH is 1. The molecule has 0 bridgehead atoms. The summed E-state index contributed by atoms with van der Waals surface area (Å²) in [7, 11) is 0. The molecule has 108 valence electrons. The molecule has 0 fully saturated rings. The van der Waals surface area contributed by atoms with Gasteiger partial charge in [-0.15, -0.1) is 0 Å². The first kappa shape index (κ1) is 16.0. The highest BCUT2D eigenvalue weighted by Crippen LogP contribution is 2.30. The van der Waals surface area contributed by atoms with Crippen LogP contribution in [0.3, 0.4) is 0 Å². The highest BCUT2D eigenvalue weighted by atomic mass is 19.4. The van der Waals surface area contributed by atoms with Crippen LogP contribution in [0.5, 0.6) is 0 Å². The topological polar surface area (TPSA) is 32.3 Å². The smallest absolute Gasteiger partial charge is 0.393 e. The molecule has 0 saturated heterocycles. The minimum absolute atomic E-state index is 0.0320. The Hall–Kier alpha value is -1.07. The second-order valence-corrected chi connectivity index (χ2v) is 5.00. The lowest BCUT2D eigenvalue weighted by Gasteiger charge is -2.22. The van der Waals surface area contributed by atoms with Gasteiger partial charge in [0.15, 0.2) is 0 Å². The van der Waals surface area contributed by atoms with Crippen molar-refractivity contribution in [1.82, 2.24) is 5.32 Å². The molecule has 0 amide bonds. The fraction of sp³-hybridized carbons (Fsp3) is 0.571. The van der Waals surface area contributed by atoms with Crippen molar-refractivity contribution < 1.29 is 18.3 Å².